The summed E-state index contributed by atoms with van der Waals surface area (Å²) in [5.74, 6) is 0. The smallest absolute Gasteiger partial charge is 0.107 e. The van der Waals surface area contributed by atoms with E-state index in [9.17, 15) is 0 Å². The van der Waals surface area contributed by atoms with Gasteiger partial charge in [-0.2, -0.15) is 0 Å². The Morgan fingerprint density at radius 2 is 2.10 bits per heavy atom. The van der Waals surface area contributed by atoms with Crippen LogP contribution in [0.1, 0.15) is 19.4 Å². The summed E-state index contributed by atoms with van der Waals surface area (Å²) in [4.78, 5) is 6.92. The van der Waals surface area contributed by atoms with E-state index in [0.29, 0.717) is 11.6 Å². The third-order valence-electron chi connectivity index (χ3n) is 3.27. The number of aromatic nitrogens is 1. The second-order valence-electron chi connectivity index (χ2n) is 5.24. The van der Waals surface area contributed by atoms with Gasteiger partial charge in [0.05, 0.1) is 29.5 Å². The summed E-state index contributed by atoms with van der Waals surface area (Å²) in [6.07, 6.45) is 1.97. The van der Waals surface area contributed by atoms with Crippen LogP contribution in [0.3, 0.4) is 0 Å². The van der Waals surface area contributed by atoms with Gasteiger partial charge >= 0.3 is 0 Å². The van der Waals surface area contributed by atoms with E-state index in [0.717, 1.165) is 28.7 Å². The van der Waals surface area contributed by atoms with Gasteiger partial charge in [-0.25, -0.2) is 0 Å². The summed E-state index contributed by atoms with van der Waals surface area (Å²) in [6.45, 7) is 5.48. The number of hydrogen-bond donors (Lipinski definition) is 1. The second-order valence-corrected chi connectivity index (χ2v) is 5.68. The molecule has 21 heavy (non-hydrogen) atoms. The zero-order chi connectivity index (χ0) is 15.4. The molecule has 0 saturated carbocycles. The number of rotatable bonds is 6. The van der Waals surface area contributed by atoms with Crippen LogP contribution in [0.5, 0.6) is 0 Å². The molecule has 0 saturated heterocycles. The maximum atomic E-state index is 5.85. The van der Waals surface area contributed by atoms with Crippen LogP contribution in [0.4, 0.5) is 5.69 Å². The van der Waals surface area contributed by atoms with Gasteiger partial charge in [0.2, 0.25) is 0 Å². The largest absolute Gasteiger partial charge is 0.389 e. The Kier molecular flexibility index (Phi) is 5.09. The molecular weight excluding hydrogens is 282 g/mol. The summed E-state index contributed by atoms with van der Waals surface area (Å²) < 4.78 is 5.63. The fourth-order valence-electron chi connectivity index (χ4n) is 2.26. The van der Waals surface area contributed by atoms with E-state index < -0.39 is 0 Å². The number of thiocarbonyl (C=S) groups is 1. The maximum Gasteiger partial charge on any atom is 0.107 e. The number of likely N-dealkylation sites (N-methyl/N-ethyl adjacent to an activating group) is 1. The lowest BCUT2D eigenvalue weighted by atomic mass is 10.1. The Morgan fingerprint density at radius 1 is 1.38 bits per heavy atom. The van der Waals surface area contributed by atoms with Crippen molar-refractivity contribution in [1.82, 2.24) is 4.98 Å². The van der Waals surface area contributed by atoms with Crippen molar-refractivity contribution >= 4 is 33.8 Å². The van der Waals surface area contributed by atoms with E-state index in [4.69, 9.17) is 22.7 Å². The lowest BCUT2D eigenvalue weighted by Crippen LogP contribution is -2.27. The molecule has 0 aliphatic heterocycles. The Labute approximate surface area is 130 Å². The molecule has 0 fully saturated rings. The topological polar surface area (TPSA) is 51.4 Å². The molecule has 0 bridgehead atoms. The van der Waals surface area contributed by atoms with Crippen LogP contribution in [0.2, 0.25) is 0 Å². The maximum absolute atomic E-state index is 5.85. The predicted molar refractivity (Wildman–Crippen MR) is 92.0 cm³/mol. The summed E-state index contributed by atoms with van der Waals surface area (Å²) in [5, 5.41) is 1.05. The number of hydrogen-bond acceptors (Lipinski definition) is 4. The summed E-state index contributed by atoms with van der Waals surface area (Å²) in [7, 11) is 2.02. The molecule has 1 aromatic heterocycles. The van der Waals surface area contributed by atoms with Gasteiger partial charge in [0.15, 0.2) is 0 Å². The van der Waals surface area contributed by atoms with Crippen molar-refractivity contribution in [3.8, 4) is 0 Å². The highest BCUT2D eigenvalue weighted by Crippen LogP contribution is 2.28. The van der Waals surface area contributed by atoms with Gasteiger partial charge in [0.1, 0.15) is 4.99 Å². The van der Waals surface area contributed by atoms with Gasteiger partial charge < -0.3 is 15.4 Å². The summed E-state index contributed by atoms with van der Waals surface area (Å²) in [6, 6.07) is 8.00. The molecule has 0 radical (unpaired) electrons. The van der Waals surface area contributed by atoms with E-state index in [1.165, 1.54) is 0 Å². The molecule has 1 aromatic carbocycles. The van der Waals surface area contributed by atoms with Crippen LogP contribution in [0.15, 0.2) is 30.5 Å². The minimum Gasteiger partial charge on any atom is -0.389 e. The average Bonchev–Trinajstić information content (AvgIpc) is 2.45. The van der Waals surface area contributed by atoms with Crippen molar-refractivity contribution in [1.29, 1.82) is 0 Å². The number of fused-ring (bicyclic) bond motifs is 1. The van der Waals surface area contributed by atoms with Gasteiger partial charge in [-0.3, -0.25) is 4.98 Å². The van der Waals surface area contributed by atoms with Crippen molar-refractivity contribution in [2.24, 2.45) is 5.73 Å². The van der Waals surface area contributed by atoms with E-state index in [-0.39, 0.29) is 6.10 Å². The van der Waals surface area contributed by atoms with E-state index >= 15 is 0 Å². The fraction of sp³-hybridized carbons (Fsp3) is 0.375. The van der Waals surface area contributed by atoms with Crippen molar-refractivity contribution in [2.45, 2.75) is 20.0 Å². The third kappa shape index (κ3) is 3.68. The molecule has 2 aromatic rings. The van der Waals surface area contributed by atoms with Crippen LogP contribution < -0.4 is 10.6 Å². The first kappa shape index (κ1) is 15.7. The Balaban J connectivity index is 2.39. The standard InChI is InChI=1S/C16H21N3OS/c1-11(2)20-9-8-19(3)15-12-6-4-5-7-14(12)18-10-13(15)16(17)21/h4-7,10-11H,8-9H2,1-3H3,(H2,17,21). The molecule has 4 nitrogen and oxygen atoms in total. The van der Waals surface area contributed by atoms with Crippen LogP contribution in [-0.2, 0) is 4.74 Å². The molecule has 112 valence electrons. The molecule has 1 heterocycles. The predicted octanol–water partition coefficient (Wildman–Crippen LogP) is 2.73. The minimum absolute atomic E-state index is 0.225. The second kappa shape index (κ2) is 6.83. The van der Waals surface area contributed by atoms with Gasteiger partial charge in [-0.1, -0.05) is 30.4 Å². The third-order valence-corrected chi connectivity index (χ3v) is 3.49. The van der Waals surface area contributed by atoms with Crippen LogP contribution in [-0.4, -0.2) is 36.3 Å². The summed E-state index contributed by atoms with van der Waals surface area (Å²) in [5.41, 5.74) is 8.60. The molecule has 0 amide bonds. The normalized spacial score (nSPS) is 11.0. The molecule has 0 spiro atoms. The van der Waals surface area contributed by atoms with Gasteiger partial charge in [0, 0.05) is 25.2 Å². The average molecular weight is 303 g/mol. The number of nitrogens with zero attached hydrogens (tertiary/aromatic N) is 2. The van der Waals surface area contributed by atoms with E-state index in [1.807, 2.05) is 45.2 Å². The lowest BCUT2D eigenvalue weighted by molar-refractivity contribution is 0.0846. The molecule has 0 aliphatic carbocycles. The van der Waals surface area contributed by atoms with Gasteiger partial charge in [-0.05, 0) is 19.9 Å². The number of para-hydroxylation sites is 1. The number of pyridine rings is 1. The van der Waals surface area contributed by atoms with Crippen LogP contribution in [0, 0.1) is 0 Å². The SMILES string of the molecule is CC(C)OCCN(C)c1c(C(N)=S)cnc2ccccc12. The zero-order valence-corrected chi connectivity index (χ0v) is 13.5. The highest BCUT2D eigenvalue weighted by Gasteiger charge is 2.14. The van der Waals surface area contributed by atoms with Crippen LogP contribution in [0.25, 0.3) is 10.9 Å². The Morgan fingerprint density at radius 3 is 2.76 bits per heavy atom. The summed E-state index contributed by atoms with van der Waals surface area (Å²) >= 11 is 5.17. The van der Waals surface area contributed by atoms with Gasteiger partial charge in [-0.15, -0.1) is 0 Å². The van der Waals surface area contributed by atoms with Crippen molar-refractivity contribution < 1.29 is 4.74 Å². The fourth-order valence-corrected chi connectivity index (χ4v) is 2.40. The highest BCUT2D eigenvalue weighted by atomic mass is 32.1. The highest BCUT2D eigenvalue weighted by molar-refractivity contribution is 7.80. The quantitative estimate of drug-likeness (QED) is 0.832. The first-order chi connectivity index (χ1) is 10.0. The molecule has 0 aliphatic rings. The van der Waals surface area contributed by atoms with E-state index in [1.54, 1.807) is 6.20 Å². The van der Waals surface area contributed by atoms with Gasteiger partial charge in [0.25, 0.3) is 0 Å². The number of benzene rings is 1. The molecule has 0 atom stereocenters. The molecule has 2 N–H and O–H groups in total. The molecule has 5 heteroatoms. The number of anilines is 1. The molecule has 2 rings (SSSR count). The molecular formula is C16H21N3OS. The van der Waals surface area contributed by atoms with Crippen molar-refractivity contribution in [2.75, 3.05) is 25.1 Å². The van der Waals surface area contributed by atoms with Crippen molar-refractivity contribution in [3.63, 3.8) is 0 Å². The Bertz CT molecular complexity index is 642. The zero-order valence-electron chi connectivity index (χ0n) is 12.7. The van der Waals surface area contributed by atoms with Crippen molar-refractivity contribution in [3.05, 3.63) is 36.0 Å². The first-order valence-corrected chi connectivity index (χ1v) is 7.42. The minimum atomic E-state index is 0.225. The van der Waals surface area contributed by atoms with E-state index in [2.05, 4.69) is 9.88 Å². The van der Waals surface area contributed by atoms with Crippen LogP contribution >= 0.6 is 12.2 Å². The lowest BCUT2D eigenvalue weighted by Gasteiger charge is -2.24. The number of nitrogens with two attached hydrogens (primary N) is 1. The monoisotopic (exact) mass is 303 g/mol. The Hall–Kier alpha value is -1.72. The number of ether oxygens (including phenoxy) is 1. The molecule has 0 unspecified atom stereocenters. The first-order valence-electron chi connectivity index (χ1n) is 7.01.